The van der Waals surface area contributed by atoms with Crippen molar-refractivity contribution in [3.63, 3.8) is 0 Å². The third-order valence-electron chi connectivity index (χ3n) is 1.38. The molecule has 0 heterocycles. The number of rotatable bonds is 0. The van der Waals surface area contributed by atoms with Gasteiger partial charge in [-0.3, -0.25) is 0 Å². The normalized spacial score (nSPS) is 10.7. The number of sulfone groups is 1. The van der Waals surface area contributed by atoms with Crippen molar-refractivity contribution >= 4 is 25.8 Å². The molecule has 2 nitrogen and oxygen atoms in total. The lowest BCUT2D eigenvalue weighted by Crippen LogP contribution is -1.92. The van der Waals surface area contributed by atoms with Gasteiger partial charge in [-0.25, -0.2) is 17.2 Å². The quantitative estimate of drug-likeness (QED) is 0.542. The molecule has 0 fully saturated rings. The Bertz CT molecular complexity index is 555. The predicted molar refractivity (Wildman–Crippen MR) is 55.8 cm³/mol. The molecule has 6 heteroatoms. The van der Waals surface area contributed by atoms with Crippen molar-refractivity contribution in [1.29, 1.82) is 0 Å². The lowest BCUT2D eigenvalue weighted by molar-refractivity contribution is 0.591. The van der Waals surface area contributed by atoms with Crippen LogP contribution in [0.25, 0.3) is 0 Å². The van der Waals surface area contributed by atoms with Gasteiger partial charge in [0, 0.05) is 5.25 Å². The Morgan fingerprint density at radius 1 is 1.27 bits per heavy atom. The lowest BCUT2D eigenvalue weighted by Gasteiger charge is -1.97. The first-order valence-corrected chi connectivity index (χ1v) is 6.35. The van der Waals surface area contributed by atoms with Gasteiger partial charge in [-0.15, -0.1) is 0 Å². The van der Waals surface area contributed by atoms with E-state index in [1.165, 1.54) is 0 Å². The highest BCUT2D eigenvalue weighted by molar-refractivity contribution is 9.10. The summed E-state index contributed by atoms with van der Waals surface area (Å²) in [5, 5.41) is 1.83. The van der Waals surface area contributed by atoms with Gasteiger partial charge >= 0.3 is 0 Å². The second-order valence-corrected chi connectivity index (χ2v) is 5.35. The summed E-state index contributed by atoms with van der Waals surface area (Å²) in [6, 6.07) is 1.72. The minimum absolute atomic E-state index is 0.0371. The standard InChI is InChI=1S/C9H5BrF2O2S/c1-15(13,14)3-2-6-4-9(12)7(10)5-8(6)11/h4-5H,1H3. The van der Waals surface area contributed by atoms with E-state index in [0.717, 1.165) is 18.4 Å². The van der Waals surface area contributed by atoms with Crippen molar-refractivity contribution in [2.45, 2.75) is 0 Å². The largest absolute Gasteiger partial charge is 0.216 e. The van der Waals surface area contributed by atoms with Crippen LogP contribution in [-0.2, 0) is 9.84 Å². The monoisotopic (exact) mass is 294 g/mol. The van der Waals surface area contributed by atoms with E-state index in [4.69, 9.17) is 0 Å². The topological polar surface area (TPSA) is 34.1 Å². The molecule has 0 aliphatic heterocycles. The molecular weight excluding hydrogens is 290 g/mol. The van der Waals surface area contributed by atoms with Crippen LogP contribution in [0.5, 0.6) is 0 Å². The van der Waals surface area contributed by atoms with Crippen LogP contribution in [0, 0.1) is 22.8 Å². The van der Waals surface area contributed by atoms with E-state index in [9.17, 15) is 17.2 Å². The average molecular weight is 295 g/mol. The molecule has 0 N–H and O–H groups in total. The zero-order chi connectivity index (χ0) is 11.6. The molecule has 0 aromatic heterocycles. The molecule has 1 rings (SSSR count). The van der Waals surface area contributed by atoms with E-state index in [1.54, 1.807) is 0 Å². The number of hydrogen-bond donors (Lipinski definition) is 0. The molecule has 0 aliphatic rings. The Balaban J connectivity index is 3.27. The summed E-state index contributed by atoms with van der Waals surface area (Å²) in [7, 11) is -3.52. The highest BCUT2D eigenvalue weighted by Crippen LogP contribution is 2.19. The second kappa shape index (κ2) is 4.29. The number of benzene rings is 1. The van der Waals surface area contributed by atoms with E-state index in [1.807, 2.05) is 11.2 Å². The Hall–Kier alpha value is -0.930. The minimum atomic E-state index is -3.52. The van der Waals surface area contributed by atoms with E-state index < -0.39 is 21.5 Å². The molecule has 0 bridgehead atoms. The summed E-state index contributed by atoms with van der Waals surface area (Å²) >= 11 is 2.79. The van der Waals surface area contributed by atoms with Crippen LogP contribution in [0.15, 0.2) is 16.6 Å². The molecule has 0 radical (unpaired) electrons. The van der Waals surface area contributed by atoms with Crippen molar-refractivity contribution < 1.29 is 17.2 Å². The van der Waals surface area contributed by atoms with Gasteiger partial charge < -0.3 is 0 Å². The van der Waals surface area contributed by atoms with Crippen LogP contribution >= 0.6 is 15.9 Å². The summed E-state index contributed by atoms with van der Waals surface area (Å²) in [4.78, 5) is 0. The van der Waals surface area contributed by atoms with Crippen LogP contribution in [0.4, 0.5) is 8.78 Å². The summed E-state index contributed by atoms with van der Waals surface area (Å²) in [6.07, 6.45) is 0.882. The number of halogens is 3. The first kappa shape index (κ1) is 12.1. The SMILES string of the molecule is CS(=O)(=O)C#Cc1cc(F)c(Br)cc1F. The van der Waals surface area contributed by atoms with Gasteiger partial charge in [-0.2, -0.15) is 0 Å². The lowest BCUT2D eigenvalue weighted by atomic mass is 10.2. The van der Waals surface area contributed by atoms with Crippen LogP contribution < -0.4 is 0 Å². The van der Waals surface area contributed by atoms with Gasteiger partial charge in [0.1, 0.15) is 11.6 Å². The Morgan fingerprint density at radius 3 is 2.40 bits per heavy atom. The van der Waals surface area contributed by atoms with Crippen molar-refractivity contribution in [3.05, 3.63) is 33.8 Å². The maximum atomic E-state index is 13.1. The summed E-state index contributed by atoms with van der Waals surface area (Å²) in [5.41, 5.74) is -0.291. The molecule has 80 valence electrons. The zero-order valence-electron chi connectivity index (χ0n) is 7.51. The summed E-state index contributed by atoms with van der Waals surface area (Å²) in [5.74, 6) is 0.569. The van der Waals surface area contributed by atoms with Crippen molar-refractivity contribution in [2.24, 2.45) is 0 Å². The predicted octanol–water partition coefficient (Wildman–Crippen LogP) is 2.08. The van der Waals surface area contributed by atoms with Gasteiger partial charge in [-0.05, 0) is 34.0 Å². The van der Waals surface area contributed by atoms with E-state index in [0.29, 0.717) is 0 Å². The molecule has 1 aromatic rings. The van der Waals surface area contributed by atoms with Gasteiger partial charge in [0.15, 0.2) is 0 Å². The highest BCUT2D eigenvalue weighted by atomic mass is 79.9. The highest BCUT2D eigenvalue weighted by Gasteiger charge is 2.06. The van der Waals surface area contributed by atoms with E-state index >= 15 is 0 Å². The third kappa shape index (κ3) is 3.61. The van der Waals surface area contributed by atoms with Gasteiger partial charge in [0.2, 0.25) is 9.84 Å². The first-order valence-electron chi connectivity index (χ1n) is 3.67. The fraction of sp³-hybridized carbons (Fsp3) is 0.111. The summed E-state index contributed by atoms with van der Waals surface area (Å²) in [6.45, 7) is 0. The Morgan fingerprint density at radius 2 is 1.87 bits per heavy atom. The molecule has 0 aliphatic carbocycles. The van der Waals surface area contributed by atoms with Gasteiger partial charge in [-0.1, -0.05) is 0 Å². The Labute approximate surface area is 94.3 Å². The van der Waals surface area contributed by atoms with Crippen molar-refractivity contribution in [2.75, 3.05) is 6.26 Å². The molecule has 0 amide bonds. The fourth-order valence-electron chi connectivity index (χ4n) is 0.766. The molecular formula is C9H5BrF2O2S. The zero-order valence-corrected chi connectivity index (χ0v) is 9.92. The summed E-state index contributed by atoms with van der Waals surface area (Å²) < 4.78 is 47.4. The van der Waals surface area contributed by atoms with E-state index in [-0.39, 0.29) is 10.0 Å². The molecule has 1 aromatic carbocycles. The van der Waals surface area contributed by atoms with Crippen molar-refractivity contribution in [1.82, 2.24) is 0 Å². The fourth-order valence-corrected chi connectivity index (χ4v) is 1.38. The maximum absolute atomic E-state index is 13.1. The van der Waals surface area contributed by atoms with Crippen molar-refractivity contribution in [3.8, 4) is 11.2 Å². The van der Waals surface area contributed by atoms with Crippen LogP contribution in [0.2, 0.25) is 0 Å². The van der Waals surface area contributed by atoms with Gasteiger partial charge in [0.05, 0.1) is 16.3 Å². The average Bonchev–Trinajstić information content (AvgIpc) is 2.07. The molecule has 0 saturated carbocycles. The Kier molecular flexibility index (Phi) is 3.47. The molecule has 0 spiro atoms. The molecule has 0 unspecified atom stereocenters. The second-order valence-electron chi connectivity index (χ2n) is 2.75. The molecule has 0 saturated heterocycles. The number of hydrogen-bond acceptors (Lipinski definition) is 2. The third-order valence-corrected chi connectivity index (χ3v) is 2.46. The van der Waals surface area contributed by atoms with Crippen LogP contribution in [0.1, 0.15) is 5.56 Å². The van der Waals surface area contributed by atoms with Crippen LogP contribution in [0.3, 0.4) is 0 Å². The van der Waals surface area contributed by atoms with Gasteiger partial charge in [0.25, 0.3) is 0 Å². The first-order chi connectivity index (χ1) is 6.79. The van der Waals surface area contributed by atoms with E-state index in [2.05, 4.69) is 15.9 Å². The maximum Gasteiger partial charge on any atom is 0.214 e. The molecule has 0 atom stereocenters. The molecule has 15 heavy (non-hydrogen) atoms. The smallest absolute Gasteiger partial charge is 0.214 e. The minimum Gasteiger partial charge on any atom is -0.216 e. The van der Waals surface area contributed by atoms with Crippen LogP contribution in [-0.4, -0.2) is 14.7 Å².